The number of anilines is 1. The van der Waals surface area contributed by atoms with Crippen molar-refractivity contribution in [1.82, 2.24) is 0 Å². The van der Waals surface area contributed by atoms with E-state index in [0.29, 0.717) is 11.5 Å². The van der Waals surface area contributed by atoms with Crippen molar-refractivity contribution in [1.29, 1.82) is 0 Å². The van der Waals surface area contributed by atoms with Crippen LogP contribution in [0, 0.1) is 11.8 Å². The monoisotopic (exact) mass is 283 g/mol. The molecule has 0 radical (unpaired) electrons. The molecule has 2 unspecified atom stereocenters. The lowest BCUT2D eigenvalue weighted by Gasteiger charge is -2.37. The molecule has 3 rings (SSSR count). The number of carboxylic acid groups (broad SMARTS) is 1. The Hall–Kier alpha value is -2.03. The molecule has 1 aliphatic heterocycles. The van der Waals surface area contributed by atoms with Gasteiger partial charge < -0.3 is 10.0 Å². The van der Waals surface area contributed by atoms with Crippen molar-refractivity contribution in [2.24, 2.45) is 11.8 Å². The number of carboxylic acids is 1. The fraction of sp³-hybridized carbons (Fsp3) is 0.389. The average Bonchev–Trinajstić information content (AvgIpc) is 2.49. The molecule has 21 heavy (non-hydrogen) atoms. The third kappa shape index (κ3) is 2.48. The zero-order valence-corrected chi connectivity index (χ0v) is 12.5. The van der Waals surface area contributed by atoms with Crippen LogP contribution in [0.5, 0.6) is 0 Å². The van der Waals surface area contributed by atoms with Gasteiger partial charge in [-0.25, -0.2) is 4.79 Å². The molecule has 3 nitrogen and oxygen atoms in total. The first-order valence-corrected chi connectivity index (χ1v) is 7.58. The fourth-order valence-electron chi connectivity index (χ4n) is 3.23. The first-order valence-electron chi connectivity index (χ1n) is 7.58. The van der Waals surface area contributed by atoms with E-state index in [0.717, 1.165) is 35.5 Å². The third-order valence-corrected chi connectivity index (χ3v) is 4.81. The highest BCUT2D eigenvalue weighted by atomic mass is 16.4. The number of hydrogen-bond acceptors (Lipinski definition) is 2. The summed E-state index contributed by atoms with van der Waals surface area (Å²) in [6.45, 7) is 6.69. The second-order valence-corrected chi connectivity index (χ2v) is 6.17. The maximum atomic E-state index is 11.4. The van der Waals surface area contributed by atoms with Crippen molar-refractivity contribution in [3.63, 3.8) is 0 Å². The Morgan fingerprint density at radius 1 is 1.10 bits per heavy atom. The van der Waals surface area contributed by atoms with E-state index in [1.807, 2.05) is 30.3 Å². The van der Waals surface area contributed by atoms with Crippen molar-refractivity contribution in [3.8, 4) is 0 Å². The number of fused-ring (bicyclic) bond motifs is 1. The standard InChI is InChI=1S/C18H21NO2/c1-12-9-10-19(11-13(12)2)17-8-7-16(18(20)21)14-5-3-4-6-15(14)17/h3-8,12-13H,9-11H2,1-2H3,(H,20,21). The summed E-state index contributed by atoms with van der Waals surface area (Å²) < 4.78 is 0. The number of carbonyl (C=O) groups is 1. The summed E-state index contributed by atoms with van der Waals surface area (Å²) in [5.74, 6) is 0.556. The molecule has 1 saturated heterocycles. The molecule has 1 heterocycles. The minimum absolute atomic E-state index is 0.382. The first kappa shape index (κ1) is 13.9. The van der Waals surface area contributed by atoms with Gasteiger partial charge in [-0.3, -0.25) is 0 Å². The Labute approximate surface area is 125 Å². The molecule has 0 bridgehead atoms. The highest BCUT2D eigenvalue weighted by Gasteiger charge is 2.24. The van der Waals surface area contributed by atoms with E-state index in [1.54, 1.807) is 6.07 Å². The van der Waals surface area contributed by atoms with Gasteiger partial charge in [-0.1, -0.05) is 38.1 Å². The molecule has 2 aromatic rings. The predicted octanol–water partition coefficient (Wildman–Crippen LogP) is 4.02. The maximum Gasteiger partial charge on any atom is 0.336 e. The summed E-state index contributed by atoms with van der Waals surface area (Å²) in [7, 11) is 0. The summed E-state index contributed by atoms with van der Waals surface area (Å²) in [6.07, 6.45) is 1.19. The molecule has 2 aromatic carbocycles. The molecule has 0 saturated carbocycles. The highest BCUT2D eigenvalue weighted by Crippen LogP contribution is 2.33. The molecule has 1 N–H and O–H groups in total. The van der Waals surface area contributed by atoms with Gasteiger partial charge in [0.1, 0.15) is 0 Å². The Kier molecular flexibility index (Phi) is 3.58. The number of benzene rings is 2. The van der Waals surface area contributed by atoms with E-state index in [1.165, 1.54) is 6.42 Å². The van der Waals surface area contributed by atoms with Crippen molar-refractivity contribution in [3.05, 3.63) is 42.0 Å². The normalized spacial score (nSPS) is 22.5. The predicted molar refractivity (Wildman–Crippen MR) is 86.1 cm³/mol. The van der Waals surface area contributed by atoms with Gasteiger partial charge in [0, 0.05) is 24.2 Å². The van der Waals surface area contributed by atoms with Crippen LogP contribution in [0.2, 0.25) is 0 Å². The van der Waals surface area contributed by atoms with Gasteiger partial charge in [0.05, 0.1) is 5.56 Å². The molecular weight excluding hydrogens is 262 g/mol. The number of nitrogens with zero attached hydrogens (tertiary/aromatic N) is 1. The lowest BCUT2D eigenvalue weighted by Crippen LogP contribution is -2.38. The molecule has 0 amide bonds. The van der Waals surface area contributed by atoms with E-state index in [4.69, 9.17) is 0 Å². The Morgan fingerprint density at radius 2 is 1.81 bits per heavy atom. The van der Waals surface area contributed by atoms with Crippen LogP contribution >= 0.6 is 0 Å². The summed E-state index contributed by atoms with van der Waals surface area (Å²) >= 11 is 0. The quantitative estimate of drug-likeness (QED) is 0.905. The number of hydrogen-bond donors (Lipinski definition) is 1. The molecular formula is C18H21NO2. The van der Waals surface area contributed by atoms with Crippen molar-refractivity contribution in [2.45, 2.75) is 20.3 Å². The van der Waals surface area contributed by atoms with Crippen LogP contribution in [0.15, 0.2) is 36.4 Å². The molecule has 3 heteroatoms. The molecule has 1 aliphatic rings. The van der Waals surface area contributed by atoms with Gasteiger partial charge in [-0.15, -0.1) is 0 Å². The number of aromatic carboxylic acids is 1. The minimum atomic E-state index is -0.863. The van der Waals surface area contributed by atoms with E-state index >= 15 is 0 Å². The topological polar surface area (TPSA) is 40.5 Å². The van der Waals surface area contributed by atoms with E-state index in [2.05, 4.69) is 18.7 Å². The summed E-state index contributed by atoms with van der Waals surface area (Å²) in [6, 6.07) is 11.5. The van der Waals surface area contributed by atoms with Gasteiger partial charge in [0.2, 0.25) is 0 Å². The van der Waals surface area contributed by atoms with Gasteiger partial charge >= 0.3 is 5.97 Å². The second kappa shape index (κ2) is 5.40. The average molecular weight is 283 g/mol. The van der Waals surface area contributed by atoms with Gasteiger partial charge in [0.15, 0.2) is 0 Å². The molecule has 0 aliphatic carbocycles. The smallest absolute Gasteiger partial charge is 0.336 e. The van der Waals surface area contributed by atoms with Crippen LogP contribution < -0.4 is 4.90 Å². The fourth-order valence-corrected chi connectivity index (χ4v) is 3.23. The van der Waals surface area contributed by atoms with Crippen molar-refractivity contribution in [2.75, 3.05) is 18.0 Å². The van der Waals surface area contributed by atoms with E-state index in [9.17, 15) is 9.90 Å². The van der Waals surface area contributed by atoms with Crippen LogP contribution in [0.1, 0.15) is 30.6 Å². The summed E-state index contributed by atoms with van der Waals surface area (Å²) in [5, 5.41) is 11.2. The van der Waals surface area contributed by atoms with Crippen LogP contribution in [0.3, 0.4) is 0 Å². The number of rotatable bonds is 2. The molecule has 0 aromatic heterocycles. The van der Waals surface area contributed by atoms with E-state index < -0.39 is 5.97 Å². The summed E-state index contributed by atoms with van der Waals surface area (Å²) in [4.78, 5) is 13.8. The van der Waals surface area contributed by atoms with E-state index in [-0.39, 0.29) is 0 Å². The molecule has 1 fully saturated rings. The Balaban J connectivity index is 2.08. The van der Waals surface area contributed by atoms with Crippen LogP contribution in [-0.4, -0.2) is 24.2 Å². The largest absolute Gasteiger partial charge is 0.478 e. The zero-order chi connectivity index (χ0) is 15.0. The third-order valence-electron chi connectivity index (χ3n) is 4.81. The Bertz CT molecular complexity index is 680. The second-order valence-electron chi connectivity index (χ2n) is 6.17. The first-order chi connectivity index (χ1) is 10.1. The van der Waals surface area contributed by atoms with Gasteiger partial charge in [-0.2, -0.15) is 0 Å². The van der Waals surface area contributed by atoms with Crippen molar-refractivity contribution < 1.29 is 9.90 Å². The molecule has 0 spiro atoms. The molecule has 2 atom stereocenters. The van der Waals surface area contributed by atoms with Gasteiger partial charge in [0.25, 0.3) is 0 Å². The van der Waals surface area contributed by atoms with Crippen LogP contribution in [0.25, 0.3) is 10.8 Å². The van der Waals surface area contributed by atoms with Crippen LogP contribution in [0.4, 0.5) is 5.69 Å². The minimum Gasteiger partial charge on any atom is -0.478 e. The maximum absolute atomic E-state index is 11.4. The lowest BCUT2D eigenvalue weighted by atomic mass is 9.88. The summed E-state index contributed by atoms with van der Waals surface area (Å²) in [5.41, 5.74) is 1.54. The highest BCUT2D eigenvalue weighted by molar-refractivity contribution is 6.07. The number of piperidine rings is 1. The molecule has 110 valence electrons. The Morgan fingerprint density at radius 3 is 2.48 bits per heavy atom. The van der Waals surface area contributed by atoms with Gasteiger partial charge in [-0.05, 0) is 35.8 Å². The van der Waals surface area contributed by atoms with Crippen LogP contribution in [-0.2, 0) is 0 Å². The zero-order valence-electron chi connectivity index (χ0n) is 12.5. The lowest BCUT2D eigenvalue weighted by molar-refractivity contribution is 0.0699. The SMILES string of the molecule is CC1CCN(c2ccc(C(=O)O)c3ccccc23)CC1C. The van der Waals surface area contributed by atoms with Crippen molar-refractivity contribution >= 4 is 22.4 Å².